The predicted octanol–water partition coefficient (Wildman–Crippen LogP) is 2.17. The lowest BCUT2D eigenvalue weighted by Crippen LogP contribution is -2.38. The summed E-state index contributed by atoms with van der Waals surface area (Å²) in [5, 5.41) is 0.435. The molecule has 1 aromatic heterocycles. The summed E-state index contributed by atoms with van der Waals surface area (Å²) < 4.78 is 5.37. The van der Waals surface area contributed by atoms with Gasteiger partial charge >= 0.3 is 0 Å². The van der Waals surface area contributed by atoms with Crippen molar-refractivity contribution in [3.63, 3.8) is 0 Å². The van der Waals surface area contributed by atoms with Crippen molar-refractivity contribution < 1.29 is 9.53 Å². The van der Waals surface area contributed by atoms with E-state index in [1.54, 1.807) is 4.90 Å². The molecule has 1 saturated heterocycles. The normalized spacial score (nSPS) is 17.0. The second-order valence-electron chi connectivity index (χ2n) is 5.79. The number of nitrogens with zero attached hydrogens (tertiary/aromatic N) is 4. The quantitative estimate of drug-likeness (QED) is 0.781. The highest BCUT2D eigenvalue weighted by Gasteiger charge is 2.31. The first kappa shape index (κ1) is 15.4. The molecule has 0 atom stereocenters. The number of fused-ring (bicyclic) bond motifs is 1. The monoisotopic (exact) mass is 344 g/mol. The summed E-state index contributed by atoms with van der Waals surface area (Å²) in [7, 11) is 0. The smallest absolute Gasteiger partial charge is 0.259 e. The summed E-state index contributed by atoms with van der Waals surface area (Å²) in [6.07, 6.45) is 0.677. The van der Waals surface area contributed by atoms with Gasteiger partial charge in [0.05, 0.1) is 13.2 Å². The van der Waals surface area contributed by atoms with Crippen LogP contribution in [-0.4, -0.2) is 48.7 Å². The van der Waals surface area contributed by atoms with E-state index in [9.17, 15) is 4.79 Å². The molecule has 0 aliphatic carbocycles. The molecule has 2 aliphatic heterocycles. The Morgan fingerprint density at radius 2 is 1.83 bits per heavy atom. The van der Waals surface area contributed by atoms with Crippen LogP contribution in [0.15, 0.2) is 30.3 Å². The van der Waals surface area contributed by atoms with Crippen LogP contribution in [0.3, 0.4) is 0 Å². The molecule has 124 valence electrons. The Balaban J connectivity index is 1.68. The van der Waals surface area contributed by atoms with Crippen LogP contribution < -0.4 is 9.80 Å². The molecule has 1 amide bonds. The van der Waals surface area contributed by atoms with Crippen molar-refractivity contribution in [2.75, 3.05) is 42.6 Å². The van der Waals surface area contributed by atoms with Gasteiger partial charge in [-0.05, 0) is 18.6 Å². The lowest BCUT2D eigenvalue weighted by Gasteiger charge is -2.27. The molecule has 1 fully saturated rings. The van der Waals surface area contributed by atoms with Gasteiger partial charge in [-0.15, -0.1) is 0 Å². The van der Waals surface area contributed by atoms with Crippen molar-refractivity contribution >= 4 is 29.3 Å². The minimum absolute atomic E-state index is 0.0583. The van der Waals surface area contributed by atoms with Crippen LogP contribution in [0.2, 0.25) is 5.15 Å². The second kappa shape index (κ2) is 6.37. The molecule has 1 aromatic carbocycles. The largest absolute Gasteiger partial charge is 0.378 e. The number of benzene rings is 1. The van der Waals surface area contributed by atoms with E-state index in [-0.39, 0.29) is 5.91 Å². The van der Waals surface area contributed by atoms with Crippen LogP contribution in [0, 0.1) is 0 Å². The van der Waals surface area contributed by atoms with Gasteiger partial charge in [0.15, 0.2) is 0 Å². The maximum Gasteiger partial charge on any atom is 0.259 e. The third-order valence-corrected chi connectivity index (χ3v) is 4.64. The number of hydrogen-bond acceptors (Lipinski definition) is 5. The minimum Gasteiger partial charge on any atom is -0.378 e. The molecule has 2 aliphatic rings. The standard InChI is InChI=1S/C17H17ClN4O2/c18-14-13-6-7-22(16(23)12-4-2-1-3-5-12)15(13)20-17(19-14)21-8-10-24-11-9-21/h1-5H,6-11H2. The van der Waals surface area contributed by atoms with Crippen LogP contribution in [0.1, 0.15) is 15.9 Å². The maximum atomic E-state index is 12.8. The number of halogens is 1. The van der Waals surface area contributed by atoms with Crippen molar-refractivity contribution in [3.05, 3.63) is 46.6 Å². The van der Waals surface area contributed by atoms with E-state index < -0.39 is 0 Å². The number of hydrogen-bond donors (Lipinski definition) is 0. The molecule has 4 rings (SSSR count). The summed E-state index contributed by atoms with van der Waals surface area (Å²) in [4.78, 5) is 25.6. The number of ether oxygens (including phenoxy) is 1. The van der Waals surface area contributed by atoms with E-state index in [4.69, 9.17) is 16.3 Å². The summed E-state index contributed by atoms with van der Waals surface area (Å²) in [5.41, 5.74) is 1.49. The number of aromatic nitrogens is 2. The van der Waals surface area contributed by atoms with Gasteiger partial charge in [0.2, 0.25) is 5.95 Å². The molecule has 0 saturated carbocycles. The predicted molar refractivity (Wildman–Crippen MR) is 91.9 cm³/mol. The summed E-state index contributed by atoms with van der Waals surface area (Å²) in [6.45, 7) is 3.31. The first-order chi connectivity index (χ1) is 11.7. The molecule has 0 spiro atoms. The van der Waals surface area contributed by atoms with Crippen LogP contribution in [0.25, 0.3) is 0 Å². The Kier molecular flexibility index (Phi) is 4.08. The molecule has 2 aromatic rings. The molecule has 3 heterocycles. The van der Waals surface area contributed by atoms with Gasteiger partial charge in [-0.2, -0.15) is 4.98 Å². The van der Waals surface area contributed by atoms with Crippen molar-refractivity contribution in [1.29, 1.82) is 0 Å². The Morgan fingerprint density at radius 3 is 2.58 bits per heavy atom. The van der Waals surface area contributed by atoms with Crippen LogP contribution in [-0.2, 0) is 11.2 Å². The fourth-order valence-electron chi connectivity index (χ4n) is 3.04. The highest BCUT2D eigenvalue weighted by Crippen LogP contribution is 2.33. The SMILES string of the molecule is O=C(c1ccccc1)N1CCc2c(Cl)nc(N3CCOCC3)nc21. The molecule has 0 unspecified atom stereocenters. The van der Waals surface area contributed by atoms with Gasteiger partial charge < -0.3 is 9.64 Å². The molecule has 7 heteroatoms. The molecular formula is C17H17ClN4O2. The van der Waals surface area contributed by atoms with Crippen molar-refractivity contribution in [1.82, 2.24) is 9.97 Å². The summed E-state index contributed by atoms with van der Waals surface area (Å²) in [6, 6.07) is 9.23. The number of morpholine rings is 1. The van der Waals surface area contributed by atoms with Crippen molar-refractivity contribution in [3.8, 4) is 0 Å². The van der Waals surface area contributed by atoms with E-state index >= 15 is 0 Å². The lowest BCUT2D eigenvalue weighted by molar-refractivity contribution is 0.0988. The number of carbonyl (C=O) groups excluding carboxylic acids is 1. The van der Waals surface area contributed by atoms with Crippen molar-refractivity contribution in [2.45, 2.75) is 6.42 Å². The zero-order valence-corrected chi connectivity index (χ0v) is 13.9. The number of amides is 1. The van der Waals surface area contributed by atoms with Crippen LogP contribution >= 0.6 is 11.6 Å². The van der Waals surface area contributed by atoms with Crippen LogP contribution in [0.4, 0.5) is 11.8 Å². The third kappa shape index (κ3) is 2.72. The summed E-state index contributed by atoms with van der Waals surface area (Å²) in [5.74, 6) is 1.14. The Labute approximate surface area is 145 Å². The van der Waals surface area contributed by atoms with Gasteiger partial charge in [0.1, 0.15) is 11.0 Å². The van der Waals surface area contributed by atoms with Gasteiger partial charge in [0.25, 0.3) is 5.91 Å². The number of anilines is 2. The van der Waals surface area contributed by atoms with E-state index in [1.165, 1.54) is 0 Å². The molecule has 0 bridgehead atoms. The average molecular weight is 345 g/mol. The van der Waals surface area contributed by atoms with Crippen LogP contribution in [0.5, 0.6) is 0 Å². The second-order valence-corrected chi connectivity index (χ2v) is 6.15. The van der Waals surface area contributed by atoms with E-state index in [1.807, 2.05) is 35.2 Å². The van der Waals surface area contributed by atoms with Gasteiger partial charge in [-0.3, -0.25) is 9.69 Å². The number of rotatable bonds is 2. The fourth-order valence-corrected chi connectivity index (χ4v) is 3.30. The number of carbonyl (C=O) groups is 1. The zero-order valence-electron chi connectivity index (χ0n) is 13.1. The third-order valence-electron chi connectivity index (χ3n) is 4.32. The lowest BCUT2D eigenvalue weighted by atomic mass is 10.2. The fraction of sp³-hybridized carbons (Fsp3) is 0.353. The molecule has 6 nitrogen and oxygen atoms in total. The molecule has 0 N–H and O–H groups in total. The first-order valence-corrected chi connectivity index (χ1v) is 8.38. The molecule has 24 heavy (non-hydrogen) atoms. The zero-order chi connectivity index (χ0) is 16.5. The van der Waals surface area contributed by atoms with Crippen molar-refractivity contribution in [2.24, 2.45) is 0 Å². The van der Waals surface area contributed by atoms with E-state index in [0.29, 0.717) is 48.7 Å². The van der Waals surface area contributed by atoms with Gasteiger partial charge in [0, 0.05) is 30.8 Å². The minimum atomic E-state index is -0.0583. The Morgan fingerprint density at radius 1 is 1.08 bits per heavy atom. The Hall–Kier alpha value is -2.18. The Bertz CT molecular complexity index is 763. The first-order valence-electron chi connectivity index (χ1n) is 8.00. The average Bonchev–Trinajstić information content (AvgIpc) is 3.07. The maximum absolute atomic E-state index is 12.8. The highest BCUT2D eigenvalue weighted by atomic mass is 35.5. The molecule has 0 radical (unpaired) electrons. The topological polar surface area (TPSA) is 58.6 Å². The van der Waals surface area contributed by atoms with E-state index in [0.717, 1.165) is 18.7 Å². The summed E-state index contributed by atoms with van der Waals surface area (Å²) >= 11 is 6.36. The van der Waals surface area contributed by atoms with Gasteiger partial charge in [-0.1, -0.05) is 29.8 Å². The van der Waals surface area contributed by atoms with E-state index in [2.05, 4.69) is 9.97 Å². The highest BCUT2D eigenvalue weighted by molar-refractivity contribution is 6.31. The molecular weight excluding hydrogens is 328 g/mol. The van der Waals surface area contributed by atoms with Gasteiger partial charge in [-0.25, -0.2) is 4.98 Å².